The highest BCUT2D eigenvalue weighted by atomic mass is 16.5. The molecule has 1 aromatic rings. The second-order valence-electron chi connectivity index (χ2n) is 7.62. The van der Waals surface area contributed by atoms with E-state index in [1.54, 1.807) is 7.11 Å². The number of rotatable bonds is 3. The smallest absolute Gasteiger partial charge is 0.122 e. The second kappa shape index (κ2) is 6.17. The van der Waals surface area contributed by atoms with Crippen molar-refractivity contribution in [2.75, 3.05) is 20.2 Å². The summed E-state index contributed by atoms with van der Waals surface area (Å²) in [7, 11) is 1.73. The summed E-state index contributed by atoms with van der Waals surface area (Å²) in [5.41, 5.74) is 1.98. The van der Waals surface area contributed by atoms with Crippen molar-refractivity contribution >= 4 is 0 Å². The predicted molar refractivity (Wildman–Crippen MR) is 90.5 cm³/mol. The number of methoxy groups -OCH3 is 1. The third kappa shape index (κ3) is 2.74. The molecule has 3 atom stereocenters. The summed E-state index contributed by atoms with van der Waals surface area (Å²) in [6.07, 6.45) is 8.27. The molecule has 3 nitrogen and oxygen atoms in total. The monoisotopic (exact) mass is 310 g/mol. The number of ether oxygens (including phenoxy) is 1. The van der Waals surface area contributed by atoms with E-state index in [-0.39, 0.29) is 0 Å². The highest BCUT2D eigenvalue weighted by molar-refractivity contribution is 5.44. The molecule has 3 fully saturated rings. The molecule has 1 saturated heterocycles. The summed E-state index contributed by atoms with van der Waals surface area (Å²) in [5.74, 6) is 3.48. The Balaban J connectivity index is 1.44. The lowest BCUT2D eigenvalue weighted by atomic mass is 9.85. The lowest BCUT2D eigenvalue weighted by Crippen LogP contribution is -2.43. The fourth-order valence-electron chi connectivity index (χ4n) is 5.32. The lowest BCUT2D eigenvalue weighted by molar-refractivity contribution is 0.110. The van der Waals surface area contributed by atoms with Crippen LogP contribution in [0.3, 0.4) is 0 Å². The van der Waals surface area contributed by atoms with Gasteiger partial charge >= 0.3 is 0 Å². The predicted octanol–water partition coefficient (Wildman–Crippen LogP) is 3.93. The normalized spacial score (nSPS) is 31.2. The SMILES string of the molecule is COc1ccc(C#N)cc1C1CCN([C@H]2C[C@H]3CC[C@H]2C3)CC1. The minimum atomic E-state index is 0.535. The highest BCUT2D eigenvalue weighted by Gasteiger charge is 2.43. The van der Waals surface area contributed by atoms with Crippen LogP contribution in [-0.2, 0) is 0 Å². The molecular weight excluding hydrogens is 284 g/mol. The van der Waals surface area contributed by atoms with Crippen LogP contribution in [0.25, 0.3) is 0 Å². The molecule has 0 aromatic heterocycles. The van der Waals surface area contributed by atoms with E-state index in [1.807, 2.05) is 18.2 Å². The van der Waals surface area contributed by atoms with E-state index in [9.17, 15) is 5.26 Å². The van der Waals surface area contributed by atoms with Gasteiger partial charge in [0.05, 0.1) is 18.7 Å². The molecular formula is C20H26N2O. The molecule has 0 spiro atoms. The van der Waals surface area contributed by atoms with Crippen LogP contribution in [0, 0.1) is 23.2 Å². The van der Waals surface area contributed by atoms with Gasteiger partial charge in [0.2, 0.25) is 0 Å². The molecule has 0 amide bonds. The van der Waals surface area contributed by atoms with Crippen LogP contribution in [0.5, 0.6) is 5.75 Å². The molecule has 0 N–H and O–H groups in total. The van der Waals surface area contributed by atoms with Gasteiger partial charge in [-0.2, -0.15) is 5.26 Å². The maximum Gasteiger partial charge on any atom is 0.122 e. The van der Waals surface area contributed by atoms with Crippen LogP contribution in [0.15, 0.2) is 18.2 Å². The first-order valence-corrected chi connectivity index (χ1v) is 9.10. The highest BCUT2D eigenvalue weighted by Crippen LogP contribution is 2.47. The Morgan fingerprint density at radius 3 is 2.57 bits per heavy atom. The second-order valence-corrected chi connectivity index (χ2v) is 7.62. The van der Waals surface area contributed by atoms with Gasteiger partial charge in [-0.3, -0.25) is 0 Å². The van der Waals surface area contributed by atoms with E-state index in [1.165, 1.54) is 57.2 Å². The van der Waals surface area contributed by atoms with E-state index in [2.05, 4.69) is 11.0 Å². The lowest BCUT2D eigenvalue weighted by Gasteiger charge is -2.40. The molecule has 122 valence electrons. The largest absolute Gasteiger partial charge is 0.496 e. The first-order chi connectivity index (χ1) is 11.3. The number of likely N-dealkylation sites (tertiary alicyclic amines) is 1. The fourth-order valence-corrected chi connectivity index (χ4v) is 5.32. The summed E-state index contributed by atoms with van der Waals surface area (Å²) in [5, 5.41) is 9.17. The summed E-state index contributed by atoms with van der Waals surface area (Å²) in [6.45, 7) is 2.41. The molecule has 2 saturated carbocycles. The molecule has 0 radical (unpaired) electrons. The molecule has 1 heterocycles. The van der Waals surface area contributed by atoms with Crippen LogP contribution >= 0.6 is 0 Å². The van der Waals surface area contributed by atoms with Gasteiger partial charge in [-0.15, -0.1) is 0 Å². The summed E-state index contributed by atoms with van der Waals surface area (Å²) < 4.78 is 5.54. The van der Waals surface area contributed by atoms with E-state index >= 15 is 0 Å². The van der Waals surface area contributed by atoms with Gasteiger partial charge in [0.15, 0.2) is 0 Å². The number of hydrogen-bond donors (Lipinski definition) is 0. The number of benzene rings is 1. The number of piperidine rings is 1. The summed E-state index contributed by atoms with van der Waals surface area (Å²) in [4.78, 5) is 2.76. The fraction of sp³-hybridized carbons (Fsp3) is 0.650. The molecule has 2 bridgehead atoms. The number of fused-ring (bicyclic) bond motifs is 2. The van der Waals surface area contributed by atoms with Crippen LogP contribution in [0.1, 0.15) is 55.6 Å². The molecule has 3 heteroatoms. The first-order valence-electron chi connectivity index (χ1n) is 9.10. The van der Waals surface area contributed by atoms with Gasteiger partial charge in [0.25, 0.3) is 0 Å². The van der Waals surface area contributed by atoms with Gasteiger partial charge in [-0.25, -0.2) is 0 Å². The standard InChI is InChI=1S/C20H26N2O/c1-23-20-5-3-15(13-21)11-18(20)16-6-8-22(9-7-16)19-12-14-2-4-17(19)10-14/h3,5,11,14,16-17,19H,2,4,6-10,12H2,1H3/t14-,17-,19-/m0/s1. The van der Waals surface area contributed by atoms with Crippen molar-refractivity contribution < 1.29 is 4.74 Å². The summed E-state index contributed by atoms with van der Waals surface area (Å²) in [6, 6.07) is 8.97. The minimum Gasteiger partial charge on any atom is -0.496 e. The van der Waals surface area contributed by atoms with Crippen LogP contribution in [0.4, 0.5) is 0 Å². The molecule has 2 aliphatic carbocycles. The number of nitrogens with zero attached hydrogens (tertiary/aromatic N) is 2. The van der Waals surface area contributed by atoms with Crippen LogP contribution < -0.4 is 4.74 Å². The minimum absolute atomic E-state index is 0.535. The van der Waals surface area contributed by atoms with Gasteiger partial charge in [-0.05, 0) is 86.7 Å². The molecule has 0 unspecified atom stereocenters. The van der Waals surface area contributed by atoms with Gasteiger partial charge in [0, 0.05) is 6.04 Å². The third-order valence-electron chi connectivity index (χ3n) is 6.50. The van der Waals surface area contributed by atoms with Crippen molar-refractivity contribution in [3.05, 3.63) is 29.3 Å². The van der Waals surface area contributed by atoms with Crippen molar-refractivity contribution in [3.8, 4) is 11.8 Å². The third-order valence-corrected chi connectivity index (χ3v) is 6.50. The van der Waals surface area contributed by atoms with Gasteiger partial charge in [-0.1, -0.05) is 6.42 Å². The van der Waals surface area contributed by atoms with E-state index in [0.717, 1.165) is 29.2 Å². The zero-order valence-corrected chi connectivity index (χ0v) is 14.0. The first kappa shape index (κ1) is 15.0. The Hall–Kier alpha value is -1.53. The van der Waals surface area contributed by atoms with E-state index in [4.69, 9.17) is 4.74 Å². The maximum absolute atomic E-state index is 9.17. The number of hydrogen-bond acceptors (Lipinski definition) is 3. The quantitative estimate of drug-likeness (QED) is 0.848. The number of nitriles is 1. The van der Waals surface area contributed by atoms with Crippen molar-refractivity contribution in [1.29, 1.82) is 5.26 Å². The maximum atomic E-state index is 9.17. The van der Waals surface area contributed by atoms with Crippen LogP contribution in [0.2, 0.25) is 0 Å². The molecule has 1 aromatic carbocycles. The average molecular weight is 310 g/mol. The van der Waals surface area contributed by atoms with Crippen molar-refractivity contribution in [3.63, 3.8) is 0 Å². The Morgan fingerprint density at radius 1 is 1.13 bits per heavy atom. The summed E-state index contributed by atoms with van der Waals surface area (Å²) >= 11 is 0. The Kier molecular flexibility index (Phi) is 4.03. The molecule has 4 rings (SSSR count). The van der Waals surface area contributed by atoms with E-state index < -0.39 is 0 Å². The average Bonchev–Trinajstić information content (AvgIpc) is 3.24. The molecule has 23 heavy (non-hydrogen) atoms. The Morgan fingerprint density at radius 2 is 1.96 bits per heavy atom. The van der Waals surface area contributed by atoms with Crippen molar-refractivity contribution in [2.45, 2.75) is 50.5 Å². The zero-order valence-electron chi connectivity index (χ0n) is 14.0. The Labute approximate surface area is 139 Å². The van der Waals surface area contributed by atoms with Crippen molar-refractivity contribution in [1.82, 2.24) is 4.90 Å². The van der Waals surface area contributed by atoms with Gasteiger partial charge < -0.3 is 9.64 Å². The van der Waals surface area contributed by atoms with E-state index in [0.29, 0.717) is 5.92 Å². The van der Waals surface area contributed by atoms with Crippen molar-refractivity contribution in [2.24, 2.45) is 11.8 Å². The molecule has 1 aliphatic heterocycles. The molecule has 3 aliphatic rings. The topological polar surface area (TPSA) is 36.3 Å². The zero-order chi connectivity index (χ0) is 15.8. The Bertz CT molecular complexity index is 613. The van der Waals surface area contributed by atoms with Crippen LogP contribution in [-0.4, -0.2) is 31.1 Å². The van der Waals surface area contributed by atoms with Gasteiger partial charge in [0.1, 0.15) is 5.75 Å².